The van der Waals surface area contributed by atoms with Gasteiger partial charge in [-0.2, -0.15) is 0 Å². The molecule has 18 heavy (non-hydrogen) atoms. The predicted molar refractivity (Wildman–Crippen MR) is 65.0 cm³/mol. The molecule has 88 valence electrons. The summed E-state index contributed by atoms with van der Waals surface area (Å²) in [7, 11) is 0. The Labute approximate surface area is 103 Å². The molecule has 0 fully saturated rings. The maximum Gasteiger partial charge on any atom is 0.177 e. The van der Waals surface area contributed by atoms with Crippen LogP contribution in [0.25, 0.3) is 11.3 Å². The van der Waals surface area contributed by atoms with Crippen LogP contribution >= 0.6 is 0 Å². The first kappa shape index (κ1) is 9.65. The lowest BCUT2D eigenvalue weighted by Gasteiger charge is -2.25. The molecule has 2 N–H and O–H groups in total. The van der Waals surface area contributed by atoms with E-state index in [4.69, 9.17) is 10.3 Å². The molecule has 2 aliphatic rings. The second-order valence-corrected chi connectivity index (χ2v) is 4.62. The summed E-state index contributed by atoms with van der Waals surface area (Å²) in [4.78, 5) is 12.5. The molecule has 0 aliphatic heterocycles. The lowest BCUT2D eigenvalue weighted by atomic mass is 9.76. The van der Waals surface area contributed by atoms with Crippen LogP contribution in [-0.2, 0) is 6.42 Å². The summed E-state index contributed by atoms with van der Waals surface area (Å²) in [6.07, 6.45) is 2.49. The van der Waals surface area contributed by atoms with Gasteiger partial charge >= 0.3 is 0 Å². The molecule has 1 aromatic heterocycles. The molecule has 4 heteroatoms. The maximum absolute atomic E-state index is 12.5. The highest BCUT2D eigenvalue weighted by Gasteiger charge is 2.40. The summed E-state index contributed by atoms with van der Waals surface area (Å²) in [5.74, 6) is 0.321. The first-order chi connectivity index (χ1) is 8.77. The van der Waals surface area contributed by atoms with E-state index < -0.39 is 5.92 Å². The number of rotatable bonds is 0. The normalized spacial score (nSPS) is 20.1. The molecular formula is C14H10N2O2. The smallest absolute Gasteiger partial charge is 0.177 e. The standard InChI is InChI=1S/C14H10N2O2/c15-9-5-6-10-12-11(9)13(17)7-3-1-2-4-8(7)14(12)18-16-10/h1-5,11H,6,15H2. The second kappa shape index (κ2) is 3.10. The number of fused-ring (bicyclic) bond motifs is 2. The number of benzene rings is 1. The van der Waals surface area contributed by atoms with Crippen molar-refractivity contribution in [2.24, 2.45) is 5.73 Å². The highest BCUT2D eigenvalue weighted by molar-refractivity contribution is 6.11. The number of carbonyl (C=O) groups excluding carboxylic acids is 1. The van der Waals surface area contributed by atoms with Crippen molar-refractivity contribution < 1.29 is 9.32 Å². The Balaban J connectivity index is 2.10. The van der Waals surface area contributed by atoms with Crippen LogP contribution in [0.3, 0.4) is 0 Å². The first-order valence-electron chi connectivity index (χ1n) is 5.85. The molecule has 4 nitrogen and oxygen atoms in total. The van der Waals surface area contributed by atoms with Crippen LogP contribution in [0.15, 0.2) is 40.6 Å². The molecule has 0 saturated carbocycles. The van der Waals surface area contributed by atoms with Gasteiger partial charge in [0.1, 0.15) is 0 Å². The highest BCUT2D eigenvalue weighted by Crippen LogP contribution is 2.45. The summed E-state index contributed by atoms with van der Waals surface area (Å²) >= 11 is 0. The van der Waals surface area contributed by atoms with E-state index in [0.717, 1.165) is 16.8 Å². The average Bonchev–Trinajstić information content (AvgIpc) is 2.82. The average molecular weight is 238 g/mol. The van der Waals surface area contributed by atoms with Crippen LogP contribution in [-0.4, -0.2) is 10.9 Å². The SMILES string of the molecule is NC1=CCc2noc3c2C1C(=O)c1ccccc1-3. The van der Waals surface area contributed by atoms with Crippen molar-refractivity contribution in [3.8, 4) is 11.3 Å². The lowest BCUT2D eigenvalue weighted by molar-refractivity contribution is 0.0969. The van der Waals surface area contributed by atoms with E-state index in [1.807, 2.05) is 30.3 Å². The van der Waals surface area contributed by atoms with Gasteiger partial charge in [-0.1, -0.05) is 35.5 Å². The third kappa shape index (κ3) is 1.00. The quantitative estimate of drug-likeness (QED) is 0.762. The Morgan fingerprint density at radius 3 is 2.89 bits per heavy atom. The molecule has 4 rings (SSSR count). The summed E-state index contributed by atoms with van der Waals surface area (Å²) in [6, 6.07) is 7.44. The maximum atomic E-state index is 12.5. The minimum atomic E-state index is -0.412. The van der Waals surface area contributed by atoms with Gasteiger partial charge in [-0.25, -0.2) is 0 Å². The van der Waals surface area contributed by atoms with E-state index >= 15 is 0 Å². The zero-order valence-corrected chi connectivity index (χ0v) is 9.51. The van der Waals surface area contributed by atoms with Gasteiger partial charge in [0.05, 0.1) is 11.6 Å². The molecule has 0 radical (unpaired) electrons. The van der Waals surface area contributed by atoms with E-state index in [0.29, 0.717) is 23.4 Å². The molecule has 2 aromatic rings. The number of nitrogens with two attached hydrogens (primary N) is 1. The fourth-order valence-corrected chi connectivity index (χ4v) is 2.80. The second-order valence-electron chi connectivity index (χ2n) is 4.62. The van der Waals surface area contributed by atoms with Crippen LogP contribution in [0.1, 0.15) is 27.5 Å². The molecule has 1 atom stereocenters. The number of aromatic nitrogens is 1. The van der Waals surface area contributed by atoms with Gasteiger partial charge in [-0.3, -0.25) is 4.79 Å². The predicted octanol–water partition coefficient (Wildman–Crippen LogP) is 2.02. The van der Waals surface area contributed by atoms with Gasteiger partial charge in [0.2, 0.25) is 0 Å². The Morgan fingerprint density at radius 1 is 1.28 bits per heavy atom. The van der Waals surface area contributed by atoms with E-state index in [1.165, 1.54) is 0 Å². The largest absolute Gasteiger partial charge is 0.401 e. The number of carbonyl (C=O) groups is 1. The third-order valence-corrected chi connectivity index (χ3v) is 3.66. The minimum Gasteiger partial charge on any atom is -0.401 e. The summed E-state index contributed by atoms with van der Waals surface area (Å²) in [6.45, 7) is 0. The minimum absolute atomic E-state index is 0.0380. The number of allylic oxidation sites excluding steroid dienone is 2. The topological polar surface area (TPSA) is 69.1 Å². The van der Waals surface area contributed by atoms with Crippen LogP contribution in [0.5, 0.6) is 0 Å². The van der Waals surface area contributed by atoms with Crippen LogP contribution in [0, 0.1) is 0 Å². The van der Waals surface area contributed by atoms with E-state index in [1.54, 1.807) is 0 Å². The van der Waals surface area contributed by atoms with Gasteiger partial charge in [0.25, 0.3) is 0 Å². The Morgan fingerprint density at radius 2 is 2.06 bits per heavy atom. The van der Waals surface area contributed by atoms with E-state index in [9.17, 15) is 4.79 Å². The number of hydrogen-bond acceptors (Lipinski definition) is 4. The van der Waals surface area contributed by atoms with E-state index in [-0.39, 0.29) is 5.78 Å². The van der Waals surface area contributed by atoms with Gasteiger partial charge in [-0.05, 0) is 0 Å². The number of Topliss-reactive ketones (excluding diaryl/α,β-unsaturated/α-hetero) is 1. The van der Waals surface area contributed by atoms with Crippen molar-refractivity contribution in [2.45, 2.75) is 12.3 Å². The third-order valence-electron chi connectivity index (χ3n) is 3.66. The number of ketones is 1. The zero-order chi connectivity index (χ0) is 12.3. The molecule has 0 bridgehead atoms. The Kier molecular flexibility index (Phi) is 1.66. The monoisotopic (exact) mass is 238 g/mol. The molecule has 2 aliphatic carbocycles. The summed E-state index contributed by atoms with van der Waals surface area (Å²) < 4.78 is 5.42. The summed E-state index contributed by atoms with van der Waals surface area (Å²) in [5, 5.41) is 4.06. The van der Waals surface area contributed by atoms with Crippen molar-refractivity contribution in [2.75, 3.05) is 0 Å². The van der Waals surface area contributed by atoms with Gasteiger partial charge < -0.3 is 10.3 Å². The fourth-order valence-electron chi connectivity index (χ4n) is 2.80. The number of hydrogen-bond donors (Lipinski definition) is 1. The van der Waals surface area contributed by atoms with Crippen molar-refractivity contribution in [3.05, 3.63) is 52.9 Å². The zero-order valence-electron chi connectivity index (χ0n) is 9.51. The van der Waals surface area contributed by atoms with Crippen molar-refractivity contribution in [1.29, 1.82) is 0 Å². The van der Waals surface area contributed by atoms with Crippen LogP contribution < -0.4 is 5.73 Å². The van der Waals surface area contributed by atoms with Gasteiger partial charge in [0.15, 0.2) is 11.5 Å². The highest BCUT2D eigenvalue weighted by atomic mass is 16.5. The van der Waals surface area contributed by atoms with Crippen LogP contribution in [0.2, 0.25) is 0 Å². The molecule has 1 unspecified atom stereocenters. The Hall–Kier alpha value is -2.36. The van der Waals surface area contributed by atoms with Crippen molar-refractivity contribution in [1.82, 2.24) is 5.16 Å². The molecule has 1 heterocycles. The lowest BCUT2D eigenvalue weighted by Crippen LogP contribution is -2.27. The first-order valence-corrected chi connectivity index (χ1v) is 5.85. The van der Waals surface area contributed by atoms with E-state index in [2.05, 4.69) is 5.16 Å². The Bertz CT molecular complexity index is 712. The molecule has 0 amide bonds. The molecule has 0 spiro atoms. The number of nitrogens with zero attached hydrogens (tertiary/aromatic N) is 1. The van der Waals surface area contributed by atoms with Crippen molar-refractivity contribution >= 4 is 5.78 Å². The van der Waals surface area contributed by atoms with Crippen LogP contribution in [0.4, 0.5) is 0 Å². The van der Waals surface area contributed by atoms with Crippen molar-refractivity contribution in [3.63, 3.8) is 0 Å². The molecule has 1 aromatic carbocycles. The molecular weight excluding hydrogens is 228 g/mol. The summed E-state index contributed by atoms with van der Waals surface area (Å²) in [5.41, 5.74) is 9.76. The fraction of sp³-hybridized carbons (Fsp3) is 0.143. The van der Waals surface area contributed by atoms with Gasteiger partial charge in [0, 0.05) is 28.8 Å². The van der Waals surface area contributed by atoms with Gasteiger partial charge in [-0.15, -0.1) is 0 Å². The molecule has 0 saturated heterocycles.